The third-order valence-electron chi connectivity index (χ3n) is 4.59. The van der Waals surface area contributed by atoms with Crippen LogP contribution in [0.15, 0.2) is 12.7 Å². The van der Waals surface area contributed by atoms with Gasteiger partial charge in [-0.3, -0.25) is 10.2 Å². The topological polar surface area (TPSA) is 111 Å². The first-order chi connectivity index (χ1) is 13.7. The Morgan fingerprint density at radius 3 is 2.07 bits per heavy atom. The monoisotopic (exact) mass is 410 g/mol. The van der Waals surface area contributed by atoms with Gasteiger partial charge in [-0.15, -0.1) is 0 Å². The lowest BCUT2D eigenvalue weighted by Crippen LogP contribution is -2.45. The van der Waals surface area contributed by atoms with E-state index in [1.807, 2.05) is 20.8 Å². The Labute approximate surface area is 168 Å². The Bertz CT molecular complexity index is 594. The second kappa shape index (κ2) is 12.8. The molecule has 1 unspecified atom stereocenters. The van der Waals surface area contributed by atoms with Gasteiger partial charge in [-0.25, -0.2) is 9.97 Å². The molecule has 0 saturated carbocycles. The summed E-state index contributed by atoms with van der Waals surface area (Å²) in [4.78, 5) is 8.57. The lowest BCUT2D eigenvalue weighted by Gasteiger charge is -2.28. The molecule has 0 bridgehead atoms. The average molecular weight is 411 g/mol. The molecule has 28 heavy (non-hydrogen) atoms. The SMILES string of the molecule is CCO[Si](CCCC(CCCCc1nc[nH]n1)c1nc[nH]n1)(OCC)OCC. The van der Waals surface area contributed by atoms with E-state index in [9.17, 15) is 0 Å². The highest BCUT2D eigenvalue weighted by Gasteiger charge is 2.39. The zero-order valence-corrected chi connectivity index (χ0v) is 18.3. The molecule has 0 aromatic carbocycles. The molecule has 158 valence electrons. The first-order valence-corrected chi connectivity index (χ1v) is 12.3. The minimum Gasteiger partial charge on any atom is -0.374 e. The van der Waals surface area contributed by atoms with Crippen molar-refractivity contribution in [3.8, 4) is 0 Å². The highest BCUT2D eigenvalue weighted by Crippen LogP contribution is 2.28. The van der Waals surface area contributed by atoms with E-state index in [1.54, 1.807) is 12.7 Å². The normalized spacial score (nSPS) is 13.1. The zero-order chi connectivity index (χ0) is 20.1. The highest BCUT2D eigenvalue weighted by atomic mass is 28.4. The number of unbranched alkanes of at least 4 members (excludes halogenated alkanes) is 1. The average Bonchev–Trinajstić information content (AvgIpc) is 3.38. The molecule has 2 heterocycles. The predicted molar refractivity (Wildman–Crippen MR) is 108 cm³/mol. The molecular formula is C18H34N6O3Si. The third-order valence-corrected chi connectivity index (χ3v) is 7.75. The maximum absolute atomic E-state index is 5.96. The minimum atomic E-state index is -2.59. The molecule has 2 rings (SSSR count). The Balaban J connectivity index is 1.85. The maximum atomic E-state index is 5.96. The molecule has 1 atom stereocenters. The van der Waals surface area contributed by atoms with Crippen molar-refractivity contribution >= 4 is 8.80 Å². The van der Waals surface area contributed by atoms with Crippen LogP contribution in [0.2, 0.25) is 6.04 Å². The largest absolute Gasteiger partial charge is 0.500 e. The molecule has 0 fully saturated rings. The highest BCUT2D eigenvalue weighted by molar-refractivity contribution is 6.60. The fourth-order valence-electron chi connectivity index (χ4n) is 3.41. The van der Waals surface area contributed by atoms with E-state index in [0.29, 0.717) is 25.7 Å². The second-order valence-corrected chi connectivity index (χ2v) is 9.32. The van der Waals surface area contributed by atoms with Crippen LogP contribution in [0.25, 0.3) is 0 Å². The molecule has 0 aliphatic heterocycles. The number of H-pyrrole nitrogens is 2. The van der Waals surface area contributed by atoms with Gasteiger partial charge in [0.2, 0.25) is 0 Å². The minimum absolute atomic E-state index is 0.315. The maximum Gasteiger partial charge on any atom is 0.500 e. The first kappa shape index (κ1) is 22.7. The van der Waals surface area contributed by atoms with E-state index < -0.39 is 8.80 Å². The molecule has 0 amide bonds. The number of aromatic nitrogens is 6. The molecule has 0 saturated heterocycles. The molecule has 2 aromatic heterocycles. The van der Waals surface area contributed by atoms with Crippen LogP contribution >= 0.6 is 0 Å². The van der Waals surface area contributed by atoms with Gasteiger partial charge >= 0.3 is 8.80 Å². The lowest BCUT2D eigenvalue weighted by molar-refractivity contribution is 0.0705. The van der Waals surface area contributed by atoms with Crippen molar-refractivity contribution in [2.45, 2.75) is 71.3 Å². The van der Waals surface area contributed by atoms with Crippen LogP contribution in [0.3, 0.4) is 0 Å². The molecule has 0 aliphatic carbocycles. The summed E-state index contributed by atoms with van der Waals surface area (Å²) in [6.45, 7) is 7.80. The Morgan fingerprint density at radius 1 is 0.857 bits per heavy atom. The standard InChI is InChI=1S/C18H34N6O3Si/c1-4-25-28(26-5-2,27-6-3)13-9-11-16(18-20-15-22-24-18)10-7-8-12-17-19-14-21-23-17/h14-16H,4-13H2,1-3H3,(H,19,21,23)(H,20,22,24). The van der Waals surface area contributed by atoms with Gasteiger partial charge < -0.3 is 13.3 Å². The van der Waals surface area contributed by atoms with E-state index in [0.717, 1.165) is 56.2 Å². The van der Waals surface area contributed by atoms with Crippen LogP contribution in [0.5, 0.6) is 0 Å². The number of aryl methyl sites for hydroxylation is 1. The summed E-state index contributed by atoms with van der Waals surface area (Å²) in [5, 5.41) is 14.0. The molecule has 0 aliphatic rings. The van der Waals surface area contributed by atoms with E-state index in [1.165, 1.54) is 0 Å². The molecule has 0 radical (unpaired) electrons. The van der Waals surface area contributed by atoms with Crippen molar-refractivity contribution in [3.63, 3.8) is 0 Å². The summed E-state index contributed by atoms with van der Waals surface area (Å²) in [6.07, 6.45) is 9.28. The number of hydrogen-bond acceptors (Lipinski definition) is 7. The fraction of sp³-hybridized carbons (Fsp3) is 0.778. The van der Waals surface area contributed by atoms with Crippen LogP contribution in [0, 0.1) is 0 Å². The number of aromatic amines is 2. The zero-order valence-electron chi connectivity index (χ0n) is 17.3. The van der Waals surface area contributed by atoms with Gasteiger partial charge in [0.15, 0.2) is 5.82 Å². The summed E-state index contributed by atoms with van der Waals surface area (Å²) in [5.74, 6) is 2.07. The smallest absolute Gasteiger partial charge is 0.374 e. The van der Waals surface area contributed by atoms with Crippen LogP contribution in [-0.4, -0.2) is 59.0 Å². The molecule has 2 aromatic rings. The van der Waals surface area contributed by atoms with Crippen molar-refractivity contribution in [3.05, 3.63) is 24.3 Å². The third kappa shape index (κ3) is 7.42. The van der Waals surface area contributed by atoms with E-state index in [4.69, 9.17) is 13.3 Å². The molecule has 0 spiro atoms. The van der Waals surface area contributed by atoms with Crippen LogP contribution in [0.1, 0.15) is 70.4 Å². The van der Waals surface area contributed by atoms with Crippen molar-refractivity contribution in [2.24, 2.45) is 0 Å². The van der Waals surface area contributed by atoms with Gasteiger partial charge in [-0.1, -0.05) is 6.42 Å². The van der Waals surface area contributed by atoms with Gasteiger partial charge in [0.25, 0.3) is 0 Å². The van der Waals surface area contributed by atoms with Crippen LogP contribution in [0.4, 0.5) is 0 Å². The van der Waals surface area contributed by atoms with E-state index >= 15 is 0 Å². The summed E-state index contributed by atoms with van der Waals surface area (Å²) >= 11 is 0. The van der Waals surface area contributed by atoms with Gasteiger partial charge in [-0.05, 0) is 46.5 Å². The second-order valence-electron chi connectivity index (χ2n) is 6.59. The molecule has 10 heteroatoms. The van der Waals surface area contributed by atoms with Crippen molar-refractivity contribution < 1.29 is 13.3 Å². The van der Waals surface area contributed by atoms with E-state index in [2.05, 4.69) is 30.4 Å². The van der Waals surface area contributed by atoms with Crippen molar-refractivity contribution in [1.82, 2.24) is 30.4 Å². The van der Waals surface area contributed by atoms with Crippen molar-refractivity contribution in [2.75, 3.05) is 19.8 Å². The number of nitrogens with one attached hydrogen (secondary N) is 2. The Morgan fingerprint density at radius 2 is 1.50 bits per heavy atom. The van der Waals surface area contributed by atoms with E-state index in [-0.39, 0.29) is 0 Å². The predicted octanol–water partition coefficient (Wildman–Crippen LogP) is 3.25. The fourth-order valence-corrected chi connectivity index (χ4v) is 6.05. The Kier molecular flexibility index (Phi) is 10.3. The quantitative estimate of drug-likeness (QED) is 0.323. The summed E-state index contributed by atoms with van der Waals surface area (Å²) < 4.78 is 17.9. The first-order valence-electron chi connectivity index (χ1n) is 10.3. The number of nitrogens with zero attached hydrogens (tertiary/aromatic N) is 4. The molecule has 2 N–H and O–H groups in total. The van der Waals surface area contributed by atoms with Crippen LogP contribution < -0.4 is 0 Å². The van der Waals surface area contributed by atoms with Gasteiger partial charge in [0.1, 0.15) is 18.5 Å². The summed E-state index contributed by atoms with van der Waals surface area (Å²) in [7, 11) is -2.59. The number of rotatable bonds is 16. The van der Waals surface area contributed by atoms with Gasteiger partial charge in [0, 0.05) is 38.2 Å². The van der Waals surface area contributed by atoms with Gasteiger partial charge in [0.05, 0.1) is 0 Å². The molecular weight excluding hydrogens is 376 g/mol. The summed E-state index contributed by atoms with van der Waals surface area (Å²) in [5.41, 5.74) is 0. The van der Waals surface area contributed by atoms with Crippen LogP contribution in [-0.2, 0) is 19.7 Å². The molecule has 9 nitrogen and oxygen atoms in total. The lowest BCUT2D eigenvalue weighted by atomic mass is 9.96. The number of hydrogen-bond donors (Lipinski definition) is 2. The Hall–Kier alpha value is -1.62. The van der Waals surface area contributed by atoms with Gasteiger partial charge in [-0.2, -0.15) is 10.2 Å². The van der Waals surface area contributed by atoms with Crippen molar-refractivity contribution in [1.29, 1.82) is 0 Å². The summed E-state index contributed by atoms with van der Waals surface area (Å²) in [6, 6.07) is 0.820.